The summed E-state index contributed by atoms with van der Waals surface area (Å²) in [4.78, 5) is 0. The summed E-state index contributed by atoms with van der Waals surface area (Å²) in [5.74, 6) is 0.527. The van der Waals surface area contributed by atoms with Gasteiger partial charge in [-0.2, -0.15) is 0 Å². The van der Waals surface area contributed by atoms with Crippen LogP contribution in [0.3, 0.4) is 0 Å². The zero-order valence-corrected chi connectivity index (χ0v) is 8.32. The summed E-state index contributed by atoms with van der Waals surface area (Å²) in [7, 11) is 0. The molecule has 76 valence electrons. The minimum atomic E-state index is 0.146. The Morgan fingerprint density at radius 2 is 1.86 bits per heavy atom. The largest absolute Gasteiger partial charge is 0.396 e. The standard InChI is InChI=1S/C12H17NO/c13-12(5-6-14)11-7-9-3-1-2-4-10(9)8-11/h1-4,11-12,14H,5-8,13H2. The van der Waals surface area contributed by atoms with Crippen molar-refractivity contribution in [2.24, 2.45) is 11.7 Å². The van der Waals surface area contributed by atoms with Crippen LogP contribution in [0.15, 0.2) is 24.3 Å². The molecule has 1 unspecified atom stereocenters. The molecule has 1 atom stereocenters. The van der Waals surface area contributed by atoms with Crippen LogP contribution in [0.25, 0.3) is 0 Å². The van der Waals surface area contributed by atoms with E-state index in [0.29, 0.717) is 5.92 Å². The highest BCUT2D eigenvalue weighted by Gasteiger charge is 2.25. The molecule has 1 aliphatic carbocycles. The van der Waals surface area contributed by atoms with Gasteiger partial charge in [0.05, 0.1) is 0 Å². The van der Waals surface area contributed by atoms with E-state index in [4.69, 9.17) is 10.8 Å². The van der Waals surface area contributed by atoms with Crippen molar-refractivity contribution in [2.75, 3.05) is 6.61 Å². The molecule has 0 radical (unpaired) electrons. The second kappa shape index (κ2) is 4.11. The molecule has 0 spiro atoms. The van der Waals surface area contributed by atoms with Gasteiger partial charge < -0.3 is 10.8 Å². The summed E-state index contributed by atoms with van der Waals surface area (Å²) in [6.07, 6.45) is 2.88. The molecule has 0 amide bonds. The van der Waals surface area contributed by atoms with Crippen LogP contribution in [-0.4, -0.2) is 17.8 Å². The molecule has 0 heterocycles. The highest BCUT2D eigenvalue weighted by molar-refractivity contribution is 5.32. The molecule has 14 heavy (non-hydrogen) atoms. The molecule has 2 heteroatoms. The Balaban J connectivity index is 2.04. The van der Waals surface area contributed by atoms with Crippen LogP contribution in [0.4, 0.5) is 0 Å². The molecular weight excluding hydrogens is 174 g/mol. The summed E-state index contributed by atoms with van der Waals surface area (Å²) >= 11 is 0. The molecule has 0 aromatic heterocycles. The van der Waals surface area contributed by atoms with Crippen LogP contribution in [0.1, 0.15) is 17.5 Å². The van der Waals surface area contributed by atoms with Crippen LogP contribution in [-0.2, 0) is 12.8 Å². The SMILES string of the molecule is NC(CCO)C1Cc2ccccc2C1. The summed E-state index contributed by atoms with van der Waals surface area (Å²) in [5, 5.41) is 8.83. The van der Waals surface area contributed by atoms with Crippen molar-refractivity contribution in [2.45, 2.75) is 25.3 Å². The Bertz CT molecular complexity index is 286. The molecule has 1 aromatic carbocycles. The molecule has 2 rings (SSSR count). The summed E-state index contributed by atoms with van der Waals surface area (Å²) in [6, 6.07) is 8.67. The molecule has 0 saturated heterocycles. The highest BCUT2D eigenvalue weighted by atomic mass is 16.3. The van der Waals surface area contributed by atoms with Gasteiger partial charge in [-0.05, 0) is 36.3 Å². The maximum atomic E-state index is 8.83. The Kier molecular flexibility index (Phi) is 2.85. The van der Waals surface area contributed by atoms with Crippen molar-refractivity contribution in [1.29, 1.82) is 0 Å². The minimum Gasteiger partial charge on any atom is -0.396 e. The quantitative estimate of drug-likeness (QED) is 0.752. The smallest absolute Gasteiger partial charge is 0.0445 e. The lowest BCUT2D eigenvalue weighted by molar-refractivity contribution is 0.256. The Morgan fingerprint density at radius 3 is 2.36 bits per heavy atom. The maximum absolute atomic E-state index is 8.83. The number of hydrogen-bond donors (Lipinski definition) is 2. The van der Waals surface area contributed by atoms with E-state index in [-0.39, 0.29) is 12.6 Å². The first-order valence-electron chi connectivity index (χ1n) is 5.24. The van der Waals surface area contributed by atoms with E-state index in [1.54, 1.807) is 0 Å². The van der Waals surface area contributed by atoms with E-state index < -0.39 is 0 Å². The summed E-state index contributed by atoms with van der Waals surface area (Å²) in [6.45, 7) is 0.202. The lowest BCUT2D eigenvalue weighted by Gasteiger charge is -2.17. The molecule has 2 nitrogen and oxygen atoms in total. The number of nitrogens with two attached hydrogens (primary N) is 1. The third-order valence-corrected chi connectivity index (χ3v) is 3.15. The topological polar surface area (TPSA) is 46.2 Å². The van der Waals surface area contributed by atoms with Crippen LogP contribution in [0, 0.1) is 5.92 Å². The average molecular weight is 191 g/mol. The van der Waals surface area contributed by atoms with Crippen LogP contribution < -0.4 is 5.73 Å². The molecule has 0 saturated carbocycles. The molecular formula is C12H17NO. The van der Waals surface area contributed by atoms with E-state index in [1.165, 1.54) is 11.1 Å². The first-order chi connectivity index (χ1) is 6.81. The predicted octanol–water partition coefficient (Wildman–Crippen LogP) is 1.11. The monoisotopic (exact) mass is 191 g/mol. The van der Waals surface area contributed by atoms with Crippen molar-refractivity contribution in [3.05, 3.63) is 35.4 Å². The summed E-state index contributed by atoms with van der Waals surface area (Å²) < 4.78 is 0. The lowest BCUT2D eigenvalue weighted by Crippen LogP contribution is -2.31. The fraction of sp³-hybridized carbons (Fsp3) is 0.500. The molecule has 3 N–H and O–H groups in total. The van der Waals surface area contributed by atoms with Gasteiger partial charge in [0.1, 0.15) is 0 Å². The van der Waals surface area contributed by atoms with Gasteiger partial charge in [0.15, 0.2) is 0 Å². The number of aliphatic hydroxyl groups is 1. The maximum Gasteiger partial charge on any atom is 0.0445 e. The molecule has 0 fully saturated rings. The average Bonchev–Trinajstić information content (AvgIpc) is 2.61. The predicted molar refractivity (Wildman–Crippen MR) is 57.0 cm³/mol. The van der Waals surface area contributed by atoms with Gasteiger partial charge in [-0.25, -0.2) is 0 Å². The van der Waals surface area contributed by atoms with Gasteiger partial charge in [-0.3, -0.25) is 0 Å². The van der Waals surface area contributed by atoms with Crippen LogP contribution in [0.2, 0.25) is 0 Å². The van der Waals surface area contributed by atoms with E-state index in [1.807, 2.05) is 0 Å². The van der Waals surface area contributed by atoms with Crippen molar-refractivity contribution in [3.63, 3.8) is 0 Å². The molecule has 0 bridgehead atoms. The van der Waals surface area contributed by atoms with Crippen molar-refractivity contribution in [3.8, 4) is 0 Å². The third-order valence-electron chi connectivity index (χ3n) is 3.15. The zero-order chi connectivity index (χ0) is 9.97. The lowest BCUT2D eigenvalue weighted by atomic mass is 9.95. The second-order valence-corrected chi connectivity index (χ2v) is 4.11. The number of fused-ring (bicyclic) bond motifs is 1. The van der Waals surface area contributed by atoms with Crippen molar-refractivity contribution in [1.82, 2.24) is 0 Å². The fourth-order valence-electron chi connectivity index (χ4n) is 2.28. The fourth-order valence-corrected chi connectivity index (χ4v) is 2.28. The van der Waals surface area contributed by atoms with Crippen molar-refractivity contribution >= 4 is 0 Å². The van der Waals surface area contributed by atoms with E-state index in [2.05, 4.69) is 24.3 Å². The Hall–Kier alpha value is -0.860. The zero-order valence-electron chi connectivity index (χ0n) is 8.32. The van der Waals surface area contributed by atoms with E-state index in [0.717, 1.165) is 19.3 Å². The first-order valence-corrected chi connectivity index (χ1v) is 5.24. The Morgan fingerprint density at radius 1 is 1.29 bits per heavy atom. The number of aliphatic hydroxyl groups excluding tert-OH is 1. The minimum absolute atomic E-state index is 0.146. The molecule has 1 aromatic rings. The van der Waals surface area contributed by atoms with Crippen molar-refractivity contribution < 1.29 is 5.11 Å². The number of benzene rings is 1. The third kappa shape index (κ3) is 1.81. The normalized spacial score (nSPS) is 18.1. The number of hydrogen-bond acceptors (Lipinski definition) is 2. The van der Waals surface area contributed by atoms with E-state index in [9.17, 15) is 0 Å². The molecule has 1 aliphatic rings. The number of rotatable bonds is 3. The highest BCUT2D eigenvalue weighted by Crippen LogP contribution is 2.28. The van der Waals surface area contributed by atoms with E-state index >= 15 is 0 Å². The first kappa shape index (κ1) is 9.69. The summed E-state index contributed by atoms with van der Waals surface area (Å²) in [5.41, 5.74) is 8.88. The van der Waals surface area contributed by atoms with Crippen LogP contribution >= 0.6 is 0 Å². The Labute approximate surface area is 84.7 Å². The van der Waals surface area contributed by atoms with Gasteiger partial charge in [-0.15, -0.1) is 0 Å². The van der Waals surface area contributed by atoms with Gasteiger partial charge in [-0.1, -0.05) is 24.3 Å². The van der Waals surface area contributed by atoms with Crippen LogP contribution in [0.5, 0.6) is 0 Å². The van der Waals surface area contributed by atoms with Gasteiger partial charge in [0.2, 0.25) is 0 Å². The van der Waals surface area contributed by atoms with Gasteiger partial charge in [0.25, 0.3) is 0 Å². The van der Waals surface area contributed by atoms with Gasteiger partial charge >= 0.3 is 0 Å². The molecule has 0 aliphatic heterocycles. The second-order valence-electron chi connectivity index (χ2n) is 4.11. The van der Waals surface area contributed by atoms with Gasteiger partial charge in [0, 0.05) is 12.6 Å².